The molecule has 194 valence electrons. The second-order valence-electron chi connectivity index (χ2n) is 10.6. The first-order chi connectivity index (χ1) is 18.0. The molecule has 1 N–H and O–H groups in total. The average molecular weight is 502 g/mol. The van der Waals surface area contributed by atoms with Crippen LogP contribution in [0.5, 0.6) is 0 Å². The third-order valence-electron chi connectivity index (χ3n) is 7.95. The maximum atomic E-state index is 13.9. The van der Waals surface area contributed by atoms with Crippen LogP contribution in [0.2, 0.25) is 0 Å². The van der Waals surface area contributed by atoms with E-state index in [1.165, 1.54) is 0 Å². The quantitative estimate of drug-likeness (QED) is 0.698. The zero-order valence-electron chi connectivity index (χ0n) is 21.2. The van der Waals surface area contributed by atoms with Crippen LogP contribution >= 0.6 is 0 Å². The Bertz CT molecular complexity index is 1140. The van der Waals surface area contributed by atoms with Crippen LogP contribution in [0.1, 0.15) is 49.7 Å². The molecule has 0 aromatic heterocycles. The molecule has 3 amide bonds. The molecule has 3 aliphatic heterocycles. The number of hydrogen-bond donors (Lipinski definition) is 1. The van der Waals surface area contributed by atoms with Gasteiger partial charge < -0.3 is 15.1 Å². The Morgan fingerprint density at radius 2 is 1.24 bits per heavy atom. The van der Waals surface area contributed by atoms with E-state index in [-0.39, 0.29) is 36.3 Å². The fourth-order valence-corrected chi connectivity index (χ4v) is 6.16. The Balaban J connectivity index is 1.46. The molecule has 37 heavy (non-hydrogen) atoms. The van der Waals surface area contributed by atoms with Crippen LogP contribution in [0.3, 0.4) is 0 Å². The molecular weight excluding hydrogens is 466 g/mol. The van der Waals surface area contributed by atoms with E-state index in [1.807, 2.05) is 60.7 Å². The first-order valence-corrected chi connectivity index (χ1v) is 13.5. The minimum Gasteiger partial charge on any atom is -0.351 e. The van der Waals surface area contributed by atoms with Crippen LogP contribution in [-0.4, -0.2) is 64.5 Å². The Kier molecular flexibility index (Phi) is 7.68. The van der Waals surface area contributed by atoms with Gasteiger partial charge in [0.15, 0.2) is 0 Å². The highest BCUT2D eigenvalue weighted by molar-refractivity contribution is 5.95. The van der Waals surface area contributed by atoms with Crippen LogP contribution in [0, 0.1) is 5.92 Å². The molecule has 7 heteroatoms. The molecule has 0 bridgehead atoms. The summed E-state index contributed by atoms with van der Waals surface area (Å²) in [5, 5.41) is 3.11. The van der Waals surface area contributed by atoms with Crippen molar-refractivity contribution < 1.29 is 19.2 Å². The Morgan fingerprint density at radius 3 is 1.89 bits per heavy atom. The number of nitrogens with zero attached hydrogens (tertiary/aromatic N) is 2. The van der Waals surface area contributed by atoms with E-state index < -0.39 is 24.0 Å². The number of ketones is 1. The molecule has 0 aliphatic carbocycles. The second-order valence-corrected chi connectivity index (χ2v) is 10.6. The molecular formula is C30H35N3O4. The summed E-state index contributed by atoms with van der Waals surface area (Å²) < 4.78 is 0. The lowest BCUT2D eigenvalue weighted by atomic mass is 9.90. The summed E-state index contributed by atoms with van der Waals surface area (Å²) in [7, 11) is 0. The standard InChI is InChI=1S/C30H35N3O4/c34-25-19-23(17-21-9-3-1-4-10-21)29(36)33-16-8-14-27(33)30(37)32-15-7-13-26(32)28(35)31-24(20-25)18-22-11-5-2-6-12-22/h1-6,9-12,23-24,26-27H,7-8,13-20H2,(H,31,35). The zero-order valence-corrected chi connectivity index (χ0v) is 21.2. The number of nitrogens with one attached hydrogen (secondary N) is 1. The van der Waals surface area contributed by atoms with E-state index in [1.54, 1.807) is 9.80 Å². The van der Waals surface area contributed by atoms with Gasteiger partial charge in [-0.05, 0) is 49.7 Å². The number of fused-ring (bicyclic) bond motifs is 2. The van der Waals surface area contributed by atoms with E-state index in [4.69, 9.17) is 0 Å². The lowest BCUT2D eigenvalue weighted by Gasteiger charge is -2.32. The SMILES string of the molecule is O=C1CC(Cc2ccccc2)NC(=O)C2CCCN2C(=O)C2CCCN2C(=O)C(Cc2ccccc2)C1. The molecule has 3 fully saturated rings. The zero-order chi connectivity index (χ0) is 25.8. The molecule has 4 atom stereocenters. The van der Waals surface area contributed by atoms with Crippen molar-refractivity contribution in [2.45, 2.75) is 69.5 Å². The molecule has 3 aliphatic rings. The van der Waals surface area contributed by atoms with E-state index in [9.17, 15) is 19.2 Å². The number of carbonyl (C=O) groups excluding carboxylic acids is 4. The van der Waals surface area contributed by atoms with Crippen molar-refractivity contribution in [2.24, 2.45) is 5.92 Å². The van der Waals surface area contributed by atoms with Gasteiger partial charge in [0.2, 0.25) is 17.7 Å². The van der Waals surface area contributed by atoms with Crippen molar-refractivity contribution in [1.82, 2.24) is 15.1 Å². The van der Waals surface area contributed by atoms with Gasteiger partial charge in [0, 0.05) is 37.9 Å². The third kappa shape index (κ3) is 5.76. The predicted molar refractivity (Wildman–Crippen MR) is 139 cm³/mol. The summed E-state index contributed by atoms with van der Waals surface area (Å²) in [5.41, 5.74) is 2.02. The summed E-state index contributed by atoms with van der Waals surface area (Å²) >= 11 is 0. The van der Waals surface area contributed by atoms with Gasteiger partial charge in [-0.3, -0.25) is 19.2 Å². The van der Waals surface area contributed by atoms with Crippen LogP contribution in [0.4, 0.5) is 0 Å². The fraction of sp³-hybridized carbons (Fsp3) is 0.467. The first-order valence-electron chi connectivity index (χ1n) is 13.5. The molecule has 0 spiro atoms. The van der Waals surface area contributed by atoms with Crippen molar-refractivity contribution in [3.63, 3.8) is 0 Å². The largest absolute Gasteiger partial charge is 0.351 e. The topological polar surface area (TPSA) is 86.8 Å². The molecule has 0 radical (unpaired) electrons. The molecule has 7 nitrogen and oxygen atoms in total. The van der Waals surface area contributed by atoms with Gasteiger partial charge in [0.25, 0.3) is 0 Å². The minimum absolute atomic E-state index is 0.0416. The van der Waals surface area contributed by atoms with Crippen LogP contribution in [0.15, 0.2) is 60.7 Å². The average Bonchev–Trinajstić information content (AvgIpc) is 3.59. The van der Waals surface area contributed by atoms with Crippen LogP contribution < -0.4 is 5.32 Å². The third-order valence-corrected chi connectivity index (χ3v) is 7.95. The summed E-state index contributed by atoms with van der Waals surface area (Å²) in [6.07, 6.45) is 3.92. The Morgan fingerprint density at radius 1 is 0.676 bits per heavy atom. The van der Waals surface area contributed by atoms with Gasteiger partial charge in [-0.1, -0.05) is 60.7 Å². The second kappa shape index (κ2) is 11.3. The monoisotopic (exact) mass is 501 g/mol. The number of carbonyl (C=O) groups is 4. The number of amides is 3. The molecule has 3 saturated heterocycles. The van der Waals surface area contributed by atoms with Crippen molar-refractivity contribution in [3.05, 3.63) is 71.8 Å². The number of hydrogen-bond acceptors (Lipinski definition) is 4. The molecule has 2 aromatic rings. The predicted octanol–water partition coefficient (Wildman–Crippen LogP) is 2.92. The molecule has 3 heterocycles. The Hall–Kier alpha value is -3.48. The molecule has 2 aromatic carbocycles. The van der Waals surface area contributed by atoms with Crippen molar-refractivity contribution in [2.75, 3.05) is 13.1 Å². The Labute approximate surface area is 218 Å². The molecule has 5 rings (SSSR count). The maximum Gasteiger partial charge on any atom is 0.246 e. The maximum absolute atomic E-state index is 13.9. The van der Waals surface area contributed by atoms with Gasteiger partial charge in [0.1, 0.15) is 17.9 Å². The minimum atomic E-state index is -0.560. The summed E-state index contributed by atoms with van der Waals surface area (Å²) in [6.45, 7) is 1.03. The number of Topliss-reactive ketones (excluding diaryl/α,β-unsaturated/α-hetero) is 1. The molecule has 4 unspecified atom stereocenters. The lowest BCUT2D eigenvalue weighted by molar-refractivity contribution is -0.148. The van der Waals surface area contributed by atoms with E-state index in [0.29, 0.717) is 38.8 Å². The van der Waals surface area contributed by atoms with Gasteiger partial charge in [-0.25, -0.2) is 0 Å². The van der Waals surface area contributed by atoms with Crippen LogP contribution in [-0.2, 0) is 32.0 Å². The van der Waals surface area contributed by atoms with E-state index in [0.717, 1.165) is 24.0 Å². The van der Waals surface area contributed by atoms with E-state index >= 15 is 0 Å². The van der Waals surface area contributed by atoms with Crippen molar-refractivity contribution in [1.29, 1.82) is 0 Å². The van der Waals surface area contributed by atoms with Gasteiger partial charge in [-0.15, -0.1) is 0 Å². The highest BCUT2D eigenvalue weighted by Gasteiger charge is 2.44. The van der Waals surface area contributed by atoms with Crippen molar-refractivity contribution in [3.8, 4) is 0 Å². The normalized spacial score (nSPS) is 27.1. The smallest absolute Gasteiger partial charge is 0.246 e. The molecule has 0 saturated carbocycles. The first kappa shape index (κ1) is 25.2. The van der Waals surface area contributed by atoms with E-state index in [2.05, 4.69) is 5.32 Å². The van der Waals surface area contributed by atoms with Gasteiger partial charge in [0.05, 0.1) is 0 Å². The van der Waals surface area contributed by atoms with Gasteiger partial charge >= 0.3 is 0 Å². The van der Waals surface area contributed by atoms with Crippen LogP contribution in [0.25, 0.3) is 0 Å². The lowest BCUT2D eigenvalue weighted by Crippen LogP contribution is -2.54. The van der Waals surface area contributed by atoms with Crippen molar-refractivity contribution >= 4 is 23.5 Å². The number of rotatable bonds is 4. The number of benzene rings is 2. The summed E-state index contributed by atoms with van der Waals surface area (Å²) in [4.78, 5) is 57.8. The fourth-order valence-electron chi connectivity index (χ4n) is 6.16. The van der Waals surface area contributed by atoms with Gasteiger partial charge in [-0.2, -0.15) is 0 Å². The summed E-state index contributed by atoms with van der Waals surface area (Å²) in [5.74, 6) is -1.03. The highest BCUT2D eigenvalue weighted by atomic mass is 16.2. The highest BCUT2D eigenvalue weighted by Crippen LogP contribution is 2.29. The summed E-state index contributed by atoms with van der Waals surface area (Å²) in [6, 6.07) is 18.0.